The van der Waals surface area contributed by atoms with Gasteiger partial charge in [0.1, 0.15) is 5.69 Å². The molecule has 0 spiro atoms. The van der Waals surface area contributed by atoms with E-state index in [1.54, 1.807) is 13.8 Å². The number of nitrogens with one attached hydrogen (secondary N) is 2. The third-order valence-electron chi connectivity index (χ3n) is 2.77. The first-order valence-electron chi connectivity index (χ1n) is 5.79. The average molecular weight is 241 g/mol. The van der Waals surface area contributed by atoms with E-state index in [4.69, 9.17) is 5.26 Å². The molecule has 0 bridgehead atoms. The lowest BCUT2D eigenvalue weighted by Crippen LogP contribution is -2.33. The minimum absolute atomic E-state index is 0.186. The van der Waals surface area contributed by atoms with Gasteiger partial charge >= 0.3 is 0 Å². The molecule has 1 heterocycles. The van der Waals surface area contributed by atoms with Crippen LogP contribution in [0.25, 0.3) is 10.9 Å². The van der Waals surface area contributed by atoms with Crippen LogP contribution in [-0.4, -0.2) is 17.4 Å². The first kappa shape index (κ1) is 12.2. The Balaban J connectivity index is 2.12. The molecule has 0 aliphatic rings. The van der Waals surface area contributed by atoms with Gasteiger partial charge < -0.3 is 10.3 Å². The fourth-order valence-corrected chi connectivity index (χ4v) is 1.63. The number of para-hydroxylation sites is 1. The third-order valence-corrected chi connectivity index (χ3v) is 2.77. The molecule has 0 saturated heterocycles. The zero-order valence-corrected chi connectivity index (χ0v) is 10.4. The van der Waals surface area contributed by atoms with Crippen molar-refractivity contribution in [3.05, 3.63) is 36.0 Å². The molecule has 0 fully saturated rings. The van der Waals surface area contributed by atoms with Crippen molar-refractivity contribution in [3.63, 3.8) is 0 Å². The second-order valence-corrected chi connectivity index (χ2v) is 4.95. The smallest absolute Gasteiger partial charge is 0.267 e. The van der Waals surface area contributed by atoms with E-state index in [1.165, 1.54) is 0 Å². The summed E-state index contributed by atoms with van der Waals surface area (Å²) < 4.78 is 0. The monoisotopic (exact) mass is 241 g/mol. The van der Waals surface area contributed by atoms with E-state index in [1.807, 2.05) is 30.3 Å². The highest BCUT2D eigenvalue weighted by Gasteiger charge is 2.18. The van der Waals surface area contributed by atoms with Crippen molar-refractivity contribution in [2.45, 2.75) is 13.8 Å². The number of rotatable bonds is 3. The van der Waals surface area contributed by atoms with E-state index < -0.39 is 5.41 Å². The van der Waals surface area contributed by atoms with Crippen molar-refractivity contribution in [2.75, 3.05) is 6.54 Å². The van der Waals surface area contributed by atoms with Crippen LogP contribution < -0.4 is 5.32 Å². The Kier molecular flexibility index (Phi) is 3.07. The number of H-pyrrole nitrogens is 1. The van der Waals surface area contributed by atoms with Crippen LogP contribution in [0.15, 0.2) is 30.3 Å². The van der Waals surface area contributed by atoms with Crippen LogP contribution in [0.3, 0.4) is 0 Å². The summed E-state index contributed by atoms with van der Waals surface area (Å²) in [5.74, 6) is -0.186. The summed E-state index contributed by atoms with van der Waals surface area (Å²) >= 11 is 0. The summed E-state index contributed by atoms with van der Waals surface area (Å²) in [6.45, 7) is 3.91. The maximum atomic E-state index is 11.9. The number of hydrogen-bond donors (Lipinski definition) is 2. The van der Waals surface area contributed by atoms with Crippen molar-refractivity contribution in [1.29, 1.82) is 5.26 Å². The number of fused-ring (bicyclic) bond motifs is 1. The Bertz CT molecular complexity index is 586. The third kappa shape index (κ3) is 2.51. The average Bonchev–Trinajstić information content (AvgIpc) is 2.80. The topological polar surface area (TPSA) is 68.7 Å². The SMILES string of the molecule is CC(C)(C#N)CNC(=O)c1cc2ccccc2[nH]1. The molecule has 2 N–H and O–H groups in total. The molecule has 18 heavy (non-hydrogen) atoms. The summed E-state index contributed by atoms with van der Waals surface area (Å²) in [7, 11) is 0. The molecule has 0 aliphatic heterocycles. The molecule has 1 aromatic heterocycles. The predicted molar refractivity (Wildman–Crippen MR) is 70.0 cm³/mol. The van der Waals surface area contributed by atoms with Crippen LogP contribution in [0, 0.1) is 16.7 Å². The number of carbonyl (C=O) groups is 1. The number of amides is 1. The fraction of sp³-hybridized carbons (Fsp3) is 0.286. The van der Waals surface area contributed by atoms with Gasteiger partial charge in [-0.3, -0.25) is 4.79 Å². The summed E-state index contributed by atoms with van der Waals surface area (Å²) in [4.78, 5) is 15.0. The van der Waals surface area contributed by atoms with Gasteiger partial charge in [-0.1, -0.05) is 18.2 Å². The molecule has 1 amide bonds. The van der Waals surface area contributed by atoms with Crippen molar-refractivity contribution in [1.82, 2.24) is 10.3 Å². The highest BCUT2D eigenvalue weighted by molar-refractivity contribution is 5.97. The second-order valence-electron chi connectivity index (χ2n) is 4.95. The van der Waals surface area contributed by atoms with Gasteiger partial charge in [0.25, 0.3) is 5.91 Å². The van der Waals surface area contributed by atoms with Crippen LogP contribution in [0.2, 0.25) is 0 Å². The molecule has 0 saturated carbocycles. The highest BCUT2D eigenvalue weighted by Crippen LogP contribution is 2.15. The maximum absolute atomic E-state index is 11.9. The number of carbonyl (C=O) groups excluding carboxylic acids is 1. The summed E-state index contributed by atoms with van der Waals surface area (Å²) in [6.07, 6.45) is 0. The minimum Gasteiger partial charge on any atom is -0.351 e. The largest absolute Gasteiger partial charge is 0.351 e. The molecule has 0 radical (unpaired) electrons. The number of hydrogen-bond acceptors (Lipinski definition) is 2. The lowest BCUT2D eigenvalue weighted by molar-refractivity contribution is 0.0939. The Morgan fingerprint density at radius 1 is 1.44 bits per heavy atom. The van der Waals surface area contributed by atoms with Crippen molar-refractivity contribution >= 4 is 16.8 Å². The standard InChI is InChI=1S/C14H15N3O/c1-14(2,8-15)9-16-13(18)12-7-10-5-3-4-6-11(10)17-12/h3-7,17H,9H2,1-2H3,(H,16,18). The van der Waals surface area contributed by atoms with E-state index in [0.717, 1.165) is 10.9 Å². The molecule has 2 aromatic rings. The van der Waals surface area contributed by atoms with Gasteiger partial charge in [-0.05, 0) is 26.0 Å². The molecule has 0 aliphatic carbocycles. The van der Waals surface area contributed by atoms with Crippen molar-refractivity contribution < 1.29 is 4.79 Å². The maximum Gasteiger partial charge on any atom is 0.267 e. The molecule has 2 rings (SSSR count). The van der Waals surface area contributed by atoms with Gasteiger partial charge in [0.15, 0.2) is 0 Å². The molecule has 1 aromatic carbocycles. The van der Waals surface area contributed by atoms with Crippen LogP contribution in [0.5, 0.6) is 0 Å². The molecule has 4 heteroatoms. The lowest BCUT2D eigenvalue weighted by Gasteiger charge is -2.15. The number of aromatic amines is 1. The van der Waals surface area contributed by atoms with E-state index in [9.17, 15) is 4.79 Å². The molecule has 92 valence electrons. The van der Waals surface area contributed by atoms with Gasteiger partial charge in [-0.15, -0.1) is 0 Å². The Hall–Kier alpha value is -2.28. The first-order chi connectivity index (χ1) is 8.52. The Morgan fingerprint density at radius 2 is 2.17 bits per heavy atom. The lowest BCUT2D eigenvalue weighted by atomic mass is 9.96. The van der Waals surface area contributed by atoms with Crippen LogP contribution >= 0.6 is 0 Å². The van der Waals surface area contributed by atoms with Crippen LogP contribution in [0.4, 0.5) is 0 Å². The first-order valence-corrected chi connectivity index (χ1v) is 5.79. The summed E-state index contributed by atoms with van der Waals surface area (Å²) in [5, 5.41) is 12.6. The summed E-state index contributed by atoms with van der Waals surface area (Å²) in [5.41, 5.74) is 0.897. The number of nitrogens with zero attached hydrogens (tertiary/aromatic N) is 1. The van der Waals surface area contributed by atoms with E-state index in [0.29, 0.717) is 12.2 Å². The normalized spacial score (nSPS) is 11.2. The Morgan fingerprint density at radius 3 is 2.83 bits per heavy atom. The molecular formula is C14H15N3O. The van der Waals surface area contributed by atoms with Gasteiger partial charge in [-0.25, -0.2) is 0 Å². The molecule has 0 unspecified atom stereocenters. The van der Waals surface area contributed by atoms with Crippen LogP contribution in [-0.2, 0) is 0 Å². The zero-order chi connectivity index (χ0) is 13.2. The number of nitriles is 1. The molecule has 4 nitrogen and oxygen atoms in total. The zero-order valence-electron chi connectivity index (χ0n) is 10.4. The fourth-order valence-electron chi connectivity index (χ4n) is 1.63. The van der Waals surface area contributed by atoms with Gasteiger partial charge in [0.2, 0.25) is 0 Å². The molecule has 0 atom stereocenters. The number of benzene rings is 1. The quantitative estimate of drug-likeness (QED) is 0.866. The highest BCUT2D eigenvalue weighted by atomic mass is 16.1. The molecular weight excluding hydrogens is 226 g/mol. The number of aromatic nitrogens is 1. The summed E-state index contributed by atoms with van der Waals surface area (Å²) in [6, 6.07) is 11.7. The van der Waals surface area contributed by atoms with E-state index in [-0.39, 0.29) is 5.91 Å². The van der Waals surface area contributed by atoms with Crippen molar-refractivity contribution in [2.24, 2.45) is 5.41 Å². The van der Waals surface area contributed by atoms with Gasteiger partial charge in [0.05, 0.1) is 11.5 Å². The van der Waals surface area contributed by atoms with E-state index >= 15 is 0 Å². The van der Waals surface area contributed by atoms with Gasteiger partial charge in [0, 0.05) is 17.4 Å². The van der Waals surface area contributed by atoms with Crippen LogP contribution in [0.1, 0.15) is 24.3 Å². The van der Waals surface area contributed by atoms with Gasteiger partial charge in [-0.2, -0.15) is 5.26 Å². The van der Waals surface area contributed by atoms with E-state index in [2.05, 4.69) is 16.4 Å². The minimum atomic E-state index is -0.554. The predicted octanol–water partition coefficient (Wildman–Crippen LogP) is 2.45. The Labute approximate surface area is 106 Å². The van der Waals surface area contributed by atoms with Crippen molar-refractivity contribution in [3.8, 4) is 6.07 Å². The second kappa shape index (κ2) is 4.53.